The van der Waals surface area contributed by atoms with Crippen molar-refractivity contribution in [2.24, 2.45) is 0 Å². The van der Waals surface area contributed by atoms with Crippen molar-refractivity contribution in [1.29, 1.82) is 0 Å². The minimum Gasteiger partial charge on any atom is -0.497 e. The molecule has 0 aliphatic rings. The number of carbonyl (C=O) groups excluding carboxylic acids is 1. The first-order valence-corrected chi connectivity index (χ1v) is 13.6. The van der Waals surface area contributed by atoms with Crippen LogP contribution in [0.15, 0.2) is 102 Å². The Balaban J connectivity index is 1.74. The Morgan fingerprint density at radius 2 is 1.60 bits per heavy atom. The van der Waals surface area contributed by atoms with E-state index in [2.05, 4.69) is 4.98 Å². The molecule has 10 heteroatoms. The fourth-order valence-corrected chi connectivity index (χ4v) is 5.89. The van der Waals surface area contributed by atoms with Crippen LogP contribution in [0.1, 0.15) is 16.7 Å². The second-order valence-corrected chi connectivity index (χ2v) is 10.8. The number of aromatic nitrogens is 1. The fourth-order valence-electron chi connectivity index (χ4n) is 4.67. The lowest BCUT2D eigenvalue weighted by Crippen LogP contribution is -2.30. The molecule has 5 rings (SSSR count). The number of rotatable bonds is 8. The topological polar surface area (TPSA) is 79.5 Å². The molecular formula is C30H23F3N2O4S. The molecule has 1 aromatic heterocycles. The van der Waals surface area contributed by atoms with Gasteiger partial charge < -0.3 is 9.72 Å². The van der Waals surface area contributed by atoms with Crippen molar-refractivity contribution < 1.29 is 31.1 Å². The summed E-state index contributed by atoms with van der Waals surface area (Å²) in [5, 5.41) is 0.579. The van der Waals surface area contributed by atoms with Crippen molar-refractivity contribution >= 4 is 33.2 Å². The van der Waals surface area contributed by atoms with Gasteiger partial charge in [-0.15, -0.1) is 0 Å². The maximum atomic E-state index is 13.6. The third-order valence-corrected chi connectivity index (χ3v) is 8.19. The van der Waals surface area contributed by atoms with Gasteiger partial charge in [0.1, 0.15) is 11.6 Å². The molecule has 0 saturated heterocycles. The number of sulfonamides is 1. The number of alkyl halides is 3. The van der Waals surface area contributed by atoms with Gasteiger partial charge in [-0.1, -0.05) is 60.7 Å². The number of fused-ring (bicyclic) bond motifs is 1. The Kier molecular flexibility index (Phi) is 7.12. The number of nitrogens with zero attached hydrogens (tertiary/aromatic N) is 1. The maximum absolute atomic E-state index is 13.6. The number of benzene rings is 4. The minimum atomic E-state index is -4.49. The molecule has 0 fully saturated rings. The van der Waals surface area contributed by atoms with Gasteiger partial charge in [-0.3, -0.25) is 4.79 Å². The summed E-state index contributed by atoms with van der Waals surface area (Å²) >= 11 is 0. The summed E-state index contributed by atoms with van der Waals surface area (Å²) in [6.45, 7) is 0. The van der Waals surface area contributed by atoms with E-state index in [1.165, 1.54) is 25.3 Å². The molecule has 6 nitrogen and oxygen atoms in total. The summed E-state index contributed by atoms with van der Waals surface area (Å²) < 4.78 is 73.2. The van der Waals surface area contributed by atoms with Crippen molar-refractivity contribution in [2.75, 3.05) is 11.4 Å². The lowest BCUT2D eigenvalue weighted by Gasteiger charge is -2.18. The highest BCUT2D eigenvalue weighted by atomic mass is 32.2. The standard InChI is InChI=1S/C30H23F3N2O4S/c1-39-24-15-13-21(14-16-24)28-27-22(17-20-7-5-9-23(18-20)30(31,32)33)8-6-12-26(27)34-29(28)35(19-36)40(37,38)25-10-3-2-4-11-25/h2-16,18-19,34H,17H2,1H3. The smallest absolute Gasteiger partial charge is 0.416 e. The second-order valence-electron chi connectivity index (χ2n) is 9.01. The molecule has 4 aromatic carbocycles. The summed E-state index contributed by atoms with van der Waals surface area (Å²) in [4.78, 5) is 15.4. The Morgan fingerprint density at radius 1 is 0.900 bits per heavy atom. The van der Waals surface area contributed by atoms with E-state index < -0.39 is 21.8 Å². The number of halogens is 3. The zero-order chi connectivity index (χ0) is 28.5. The van der Waals surface area contributed by atoms with Crippen LogP contribution >= 0.6 is 0 Å². The third kappa shape index (κ3) is 5.05. The molecule has 0 atom stereocenters. The summed E-state index contributed by atoms with van der Waals surface area (Å²) in [7, 11) is -2.79. The molecule has 0 radical (unpaired) electrons. The van der Waals surface area contributed by atoms with Gasteiger partial charge in [0.15, 0.2) is 0 Å². The highest BCUT2D eigenvalue weighted by molar-refractivity contribution is 7.93. The molecule has 0 bridgehead atoms. The van der Waals surface area contributed by atoms with E-state index in [0.29, 0.717) is 43.2 Å². The number of amides is 1. The molecule has 0 saturated carbocycles. The SMILES string of the molecule is COc1ccc(-c2c(N(C=O)S(=O)(=O)c3ccccc3)[nH]c3cccc(Cc4cccc(C(F)(F)F)c4)c23)cc1. The van der Waals surface area contributed by atoms with Crippen LogP contribution in [0.3, 0.4) is 0 Å². The number of aromatic amines is 1. The van der Waals surface area contributed by atoms with E-state index in [9.17, 15) is 26.4 Å². The Bertz CT molecular complexity index is 1780. The highest BCUT2D eigenvalue weighted by Gasteiger charge is 2.32. The molecule has 0 unspecified atom stereocenters. The van der Waals surface area contributed by atoms with Crippen LogP contribution in [0.25, 0.3) is 22.0 Å². The fraction of sp³-hybridized carbons (Fsp3) is 0.100. The van der Waals surface area contributed by atoms with Gasteiger partial charge in [0, 0.05) is 16.5 Å². The summed E-state index contributed by atoms with van der Waals surface area (Å²) in [6, 6.07) is 24.7. The predicted octanol–water partition coefficient (Wildman–Crippen LogP) is 6.80. The average Bonchev–Trinajstić information content (AvgIpc) is 3.33. The average molecular weight is 565 g/mol. The quantitative estimate of drug-likeness (QED) is 0.210. The largest absolute Gasteiger partial charge is 0.497 e. The van der Waals surface area contributed by atoms with E-state index in [-0.39, 0.29) is 23.5 Å². The number of ether oxygens (including phenoxy) is 1. The second kappa shape index (κ2) is 10.5. The number of hydrogen-bond donors (Lipinski definition) is 1. The minimum absolute atomic E-state index is 0.00973. The van der Waals surface area contributed by atoms with Crippen LogP contribution in [-0.2, 0) is 27.4 Å². The molecule has 0 aliphatic heterocycles. The van der Waals surface area contributed by atoms with Gasteiger partial charge in [-0.05, 0) is 59.5 Å². The summed E-state index contributed by atoms with van der Waals surface area (Å²) in [5.41, 5.74) is 1.81. The molecule has 1 N–H and O–H groups in total. The molecule has 204 valence electrons. The lowest BCUT2D eigenvalue weighted by atomic mass is 9.95. The van der Waals surface area contributed by atoms with E-state index in [0.717, 1.165) is 12.1 Å². The van der Waals surface area contributed by atoms with Gasteiger partial charge >= 0.3 is 6.18 Å². The maximum Gasteiger partial charge on any atom is 0.416 e. The normalized spacial score (nSPS) is 11.9. The first-order valence-electron chi connectivity index (χ1n) is 12.1. The predicted molar refractivity (Wildman–Crippen MR) is 147 cm³/mol. The lowest BCUT2D eigenvalue weighted by molar-refractivity contribution is -0.137. The Labute approximate surface area is 228 Å². The summed E-state index contributed by atoms with van der Waals surface area (Å²) in [5.74, 6) is 0.578. The van der Waals surface area contributed by atoms with Crippen LogP contribution in [-0.4, -0.2) is 26.9 Å². The van der Waals surface area contributed by atoms with E-state index in [4.69, 9.17) is 4.74 Å². The number of anilines is 1. The Morgan fingerprint density at radius 3 is 2.25 bits per heavy atom. The number of H-pyrrole nitrogens is 1. The van der Waals surface area contributed by atoms with Gasteiger partial charge in [0.2, 0.25) is 6.41 Å². The molecular weight excluding hydrogens is 541 g/mol. The van der Waals surface area contributed by atoms with Crippen LogP contribution < -0.4 is 9.04 Å². The number of methoxy groups -OCH3 is 1. The van der Waals surface area contributed by atoms with Gasteiger partial charge in [-0.25, -0.2) is 8.42 Å². The van der Waals surface area contributed by atoms with Crippen molar-refractivity contribution in [2.45, 2.75) is 17.5 Å². The van der Waals surface area contributed by atoms with Crippen LogP contribution in [0.5, 0.6) is 5.75 Å². The first kappa shape index (κ1) is 27.0. The Hall–Kier alpha value is -4.57. The molecule has 0 spiro atoms. The molecule has 0 aliphatic carbocycles. The zero-order valence-electron chi connectivity index (χ0n) is 21.1. The monoisotopic (exact) mass is 564 g/mol. The summed E-state index contributed by atoms with van der Waals surface area (Å²) in [6.07, 6.45) is -4.13. The molecule has 1 heterocycles. The van der Waals surface area contributed by atoms with Gasteiger partial charge in [0.05, 0.1) is 17.6 Å². The first-order chi connectivity index (χ1) is 19.1. The third-order valence-electron chi connectivity index (χ3n) is 6.53. The molecule has 5 aromatic rings. The van der Waals surface area contributed by atoms with E-state index in [1.54, 1.807) is 66.7 Å². The van der Waals surface area contributed by atoms with Crippen LogP contribution in [0.2, 0.25) is 0 Å². The van der Waals surface area contributed by atoms with Crippen molar-refractivity contribution in [3.63, 3.8) is 0 Å². The van der Waals surface area contributed by atoms with E-state index >= 15 is 0 Å². The molecule has 40 heavy (non-hydrogen) atoms. The highest BCUT2D eigenvalue weighted by Crippen LogP contribution is 2.42. The number of hydrogen-bond acceptors (Lipinski definition) is 4. The van der Waals surface area contributed by atoms with Crippen molar-refractivity contribution in [1.82, 2.24) is 4.98 Å². The van der Waals surface area contributed by atoms with Gasteiger partial charge in [0.25, 0.3) is 10.0 Å². The number of carbonyl (C=O) groups is 1. The van der Waals surface area contributed by atoms with Crippen molar-refractivity contribution in [3.05, 3.63) is 114 Å². The van der Waals surface area contributed by atoms with E-state index in [1.807, 2.05) is 0 Å². The zero-order valence-corrected chi connectivity index (χ0v) is 22.0. The molecule has 1 amide bonds. The van der Waals surface area contributed by atoms with Crippen molar-refractivity contribution in [3.8, 4) is 16.9 Å². The van der Waals surface area contributed by atoms with Gasteiger partial charge in [-0.2, -0.15) is 17.5 Å². The van der Waals surface area contributed by atoms with Crippen LogP contribution in [0.4, 0.5) is 19.0 Å². The number of nitrogens with one attached hydrogen (secondary N) is 1. The van der Waals surface area contributed by atoms with Crippen LogP contribution in [0, 0.1) is 0 Å².